The van der Waals surface area contributed by atoms with E-state index in [1.54, 1.807) is 11.9 Å². The van der Waals surface area contributed by atoms with Gasteiger partial charge in [0.05, 0.1) is 12.1 Å². The average Bonchev–Trinajstić information content (AvgIpc) is 2.98. The van der Waals surface area contributed by atoms with Crippen LogP contribution in [0.4, 0.5) is 5.69 Å². The number of hydrogen-bond acceptors (Lipinski definition) is 4. The van der Waals surface area contributed by atoms with Gasteiger partial charge >= 0.3 is 0 Å². The second kappa shape index (κ2) is 5.24. The number of H-pyrrole nitrogens is 1. The lowest BCUT2D eigenvalue weighted by atomic mass is 10.0. The monoisotopic (exact) mass is 281 g/mol. The summed E-state index contributed by atoms with van der Waals surface area (Å²) in [6.45, 7) is 0.352. The molecule has 0 aliphatic carbocycles. The van der Waals surface area contributed by atoms with Gasteiger partial charge in [-0.25, -0.2) is 4.98 Å². The van der Waals surface area contributed by atoms with Crippen molar-refractivity contribution in [1.29, 1.82) is 0 Å². The highest BCUT2D eigenvalue weighted by molar-refractivity contribution is 6.03. The van der Waals surface area contributed by atoms with Gasteiger partial charge in [0.25, 0.3) is 5.91 Å². The first-order valence-electron chi connectivity index (χ1n) is 6.53. The van der Waals surface area contributed by atoms with Crippen LogP contribution in [0.25, 0.3) is 10.8 Å². The summed E-state index contributed by atoms with van der Waals surface area (Å²) in [5.41, 5.74) is 6.99. The second-order valence-electron chi connectivity index (χ2n) is 4.88. The van der Waals surface area contributed by atoms with Gasteiger partial charge in [0.1, 0.15) is 12.2 Å². The number of nitrogen functional groups attached to an aromatic ring is 1. The van der Waals surface area contributed by atoms with Crippen LogP contribution in [-0.4, -0.2) is 33.0 Å². The van der Waals surface area contributed by atoms with Crippen molar-refractivity contribution in [2.24, 2.45) is 0 Å². The Balaban J connectivity index is 1.91. The number of aromatic nitrogens is 3. The van der Waals surface area contributed by atoms with E-state index >= 15 is 0 Å². The number of aromatic amines is 1. The Bertz CT molecular complexity index is 782. The number of fused-ring (bicyclic) bond motifs is 1. The number of anilines is 1. The molecule has 3 N–H and O–H groups in total. The van der Waals surface area contributed by atoms with Gasteiger partial charge in [-0.1, -0.05) is 24.3 Å². The van der Waals surface area contributed by atoms with Crippen LogP contribution in [0.5, 0.6) is 0 Å². The highest BCUT2D eigenvalue weighted by Crippen LogP contribution is 2.23. The summed E-state index contributed by atoms with van der Waals surface area (Å²) in [7, 11) is 1.71. The van der Waals surface area contributed by atoms with Crippen LogP contribution in [-0.2, 0) is 6.54 Å². The molecule has 2 aromatic carbocycles. The zero-order chi connectivity index (χ0) is 14.8. The first-order chi connectivity index (χ1) is 10.1. The van der Waals surface area contributed by atoms with Gasteiger partial charge in [-0.15, -0.1) is 0 Å². The Labute approximate surface area is 121 Å². The lowest BCUT2D eigenvalue weighted by Gasteiger charge is -2.17. The van der Waals surface area contributed by atoms with Crippen molar-refractivity contribution in [3.63, 3.8) is 0 Å². The minimum atomic E-state index is -0.144. The van der Waals surface area contributed by atoms with Crippen LogP contribution < -0.4 is 5.73 Å². The molecule has 0 saturated heterocycles. The Morgan fingerprint density at radius 1 is 1.29 bits per heavy atom. The number of hydrogen-bond donors (Lipinski definition) is 2. The zero-order valence-corrected chi connectivity index (χ0v) is 11.6. The van der Waals surface area contributed by atoms with Gasteiger partial charge < -0.3 is 10.6 Å². The van der Waals surface area contributed by atoms with E-state index in [0.717, 1.165) is 10.8 Å². The molecule has 0 aliphatic heterocycles. The molecule has 21 heavy (non-hydrogen) atoms. The van der Waals surface area contributed by atoms with E-state index in [2.05, 4.69) is 15.2 Å². The predicted octanol–water partition coefficient (Wildman–Crippen LogP) is 1.81. The van der Waals surface area contributed by atoms with Gasteiger partial charge in [-0.2, -0.15) is 5.10 Å². The molecule has 0 unspecified atom stereocenters. The van der Waals surface area contributed by atoms with E-state index in [0.29, 0.717) is 23.6 Å². The van der Waals surface area contributed by atoms with E-state index in [9.17, 15) is 4.79 Å². The number of rotatable bonds is 3. The largest absolute Gasteiger partial charge is 0.398 e. The molecule has 1 aromatic heterocycles. The quantitative estimate of drug-likeness (QED) is 0.717. The first kappa shape index (κ1) is 13.1. The third kappa shape index (κ3) is 2.55. The SMILES string of the molecule is CN(Cc1ncn[nH]1)C(=O)c1cc2ccccc2cc1N. The summed E-state index contributed by atoms with van der Waals surface area (Å²) >= 11 is 0. The second-order valence-corrected chi connectivity index (χ2v) is 4.88. The fraction of sp³-hybridized carbons (Fsp3) is 0.133. The molecule has 0 fully saturated rings. The lowest BCUT2D eigenvalue weighted by Crippen LogP contribution is -2.27. The van der Waals surface area contributed by atoms with Gasteiger partial charge in [-0.05, 0) is 22.9 Å². The van der Waals surface area contributed by atoms with Gasteiger partial charge in [0, 0.05) is 12.7 Å². The smallest absolute Gasteiger partial charge is 0.256 e. The topological polar surface area (TPSA) is 87.9 Å². The predicted molar refractivity (Wildman–Crippen MR) is 80.5 cm³/mol. The minimum absolute atomic E-state index is 0.144. The number of nitrogens with zero attached hydrogens (tertiary/aromatic N) is 3. The molecular weight excluding hydrogens is 266 g/mol. The summed E-state index contributed by atoms with van der Waals surface area (Å²) in [5.74, 6) is 0.486. The van der Waals surface area contributed by atoms with Crippen molar-refractivity contribution >= 4 is 22.4 Å². The highest BCUT2D eigenvalue weighted by atomic mass is 16.2. The molecule has 3 aromatic rings. The fourth-order valence-electron chi connectivity index (χ4n) is 2.25. The van der Waals surface area contributed by atoms with Crippen molar-refractivity contribution in [2.45, 2.75) is 6.54 Å². The highest BCUT2D eigenvalue weighted by Gasteiger charge is 2.16. The summed E-state index contributed by atoms with van der Waals surface area (Å²) < 4.78 is 0. The molecule has 0 aliphatic rings. The van der Waals surface area contributed by atoms with Crippen molar-refractivity contribution < 1.29 is 4.79 Å². The maximum atomic E-state index is 12.5. The summed E-state index contributed by atoms with van der Waals surface area (Å²) in [4.78, 5) is 18.1. The Hall–Kier alpha value is -2.89. The molecule has 1 heterocycles. The molecule has 0 saturated carbocycles. The molecule has 0 bridgehead atoms. The Morgan fingerprint density at radius 2 is 2.00 bits per heavy atom. The van der Waals surface area contributed by atoms with Crippen LogP contribution in [0.1, 0.15) is 16.2 Å². The van der Waals surface area contributed by atoms with E-state index in [4.69, 9.17) is 5.73 Å². The summed E-state index contributed by atoms with van der Waals surface area (Å²) in [6.07, 6.45) is 1.41. The molecule has 6 nitrogen and oxygen atoms in total. The molecule has 0 spiro atoms. The number of carbonyl (C=O) groups is 1. The van der Waals surface area contributed by atoms with Crippen molar-refractivity contribution in [2.75, 3.05) is 12.8 Å². The Kier molecular flexibility index (Phi) is 3.27. The third-order valence-corrected chi connectivity index (χ3v) is 3.35. The van der Waals surface area contributed by atoms with Gasteiger partial charge in [-0.3, -0.25) is 9.89 Å². The maximum absolute atomic E-state index is 12.5. The van der Waals surface area contributed by atoms with Gasteiger partial charge in [0.2, 0.25) is 0 Å². The zero-order valence-electron chi connectivity index (χ0n) is 11.6. The summed E-state index contributed by atoms with van der Waals surface area (Å²) in [6, 6.07) is 11.5. The third-order valence-electron chi connectivity index (χ3n) is 3.35. The molecule has 0 atom stereocenters. The normalized spacial score (nSPS) is 10.7. The number of benzene rings is 2. The number of nitrogens with two attached hydrogens (primary N) is 1. The molecular formula is C15H15N5O. The standard InChI is InChI=1S/C15H15N5O/c1-20(8-14-17-9-18-19-14)15(21)12-6-10-4-2-3-5-11(10)7-13(12)16/h2-7,9H,8,16H2,1H3,(H,17,18,19). The number of nitrogens with one attached hydrogen (secondary N) is 1. The number of amides is 1. The van der Waals surface area contributed by atoms with E-state index in [-0.39, 0.29) is 5.91 Å². The van der Waals surface area contributed by atoms with Crippen molar-refractivity contribution in [3.8, 4) is 0 Å². The molecule has 0 radical (unpaired) electrons. The van der Waals surface area contributed by atoms with E-state index in [1.807, 2.05) is 36.4 Å². The fourth-order valence-corrected chi connectivity index (χ4v) is 2.25. The minimum Gasteiger partial charge on any atom is -0.398 e. The van der Waals surface area contributed by atoms with Crippen LogP contribution >= 0.6 is 0 Å². The van der Waals surface area contributed by atoms with Gasteiger partial charge in [0.15, 0.2) is 0 Å². The Morgan fingerprint density at radius 3 is 2.67 bits per heavy atom. The van der Waals surface area contributed by atoms with Crippen LogP contribution in [0.2, 0.25) is 0 Å². The van der Waals surface area contributed by atoms with E-state index < -0.39 is 0 Å². The van der Waals surface area contributed by atoms with Crippen molar-refractivity contribution in [3.05, 3.63) is 54.1 Å². The lowest BCUT2D eigenvalue weighted by molar-refractivity contribution is 0.0783. The van der Waals surface area contributed by atoms with Crippen molar-refractivity contribution in [1.82, 2.24) is 20.1 Å². The maximum Gasteiger partial charge on any atom is 0.256 e. The van der Waals surface area contributed by atoms with Crippen LogP contribution in [0.15, 0.2) is 42.7 Å². The van der Waals surface area contributed by atoms with Crippen LogP contribution in [0.3, 0.4) is 0 Å². The molecule has 3 rings (SSSR count). The van der Waals surface area contributed by atoms with E-state index in [1.165, 1.54) is 6.33 Å². The average molecular weight is 281 g/mol. The molecule has 106 valence electrons. The van der Waals surface area contributed by atoms with Crippen LogP contribution in [0, 0.1) is 0 Å². The summed E-state index contributed by atoms with van der Waals surface area (Å²) in [5, 5.41) is 8.51. The number of carbonyl (C=O) groups excluding carboxylic acids is 1. The molecule has 6 heteroatoms. The first-order valence-corrected chi connectivity index (χ1v) is 6.53. The molecule has 1 amide bonds.